The Morgan fingerprint density at radius 1 is 1.10 bits per heavy atom. The van der Waals surface area contributed by atoms with Gasteiger partial charge in [0.1, 0.15) is 11.6 Å². The van der Waals surface area contributed by atoms with Gasteiger partial charge in [-0.05, 0) is 43.2 Å². The van der Waals surface area contributed by atoms with E-state index in [0.717, 1.165) is 18.9 Å². The molecule has 21 heavy (non-hydrogen) atoms. The van der Waals surface area contributed by atoms with Gasteiger partial charge in [0, 0.05) is 12.0 Å². The Balaban J connectivity index is 1.94. The summed E-state index contributed by atoms with van der Waals surface area (Å²) in [5.74, 6) is -3.52. The van der Waals surface area contributed by atoms with Gasteiger partial charge in [-0.25, -0.2) is 4.39 Å². The Hall–Kier alpha value is -1.91. The summed E-state index contributed by atoms with van der Waals surface area (Å²) in [6.45, 7) is 0. The zero-order valence-corrected chi connectivity index (χ0v) is 11.5. The highest BCUT2D eigenvalue weighted by Gasteiger charge is 2.39. The van der Waals surface area contributed by atoms with Crippen molar-refractivity contribution in [2.45, 2.75) is 38.0 Å². The summed E-state index contributed by atoms with van der Waals surface area (Å²) in [5.41, 5.74) is 0.525. The Morgan fingerprint density at radius 3 is 2.38 bits per heavy atom. The first-order valence-corrected chi connectivity index (χ1v) is 7.28. The lowest BCUT2D eigenvalue weighted by Gasteiger charge is -2.16. The Kier molecular flexibility index (Phi) is 3.43. The van der Waals surface area contributed by atoms with Gasteiger partial charge in [0.05, 0.1) is 11.5 Å². The van der Waals surface area contributed by atoms with Gasteiger partial charge in [-0.3, -0.25) is 9.59 Å². The van der Waals surface area contributed by atoms with Crippen molar-refractivity contribution < 1.29 is 24.2 Å². The summed E-state index contributed by atoms with van der Waals surface area (Å²) in [4.78, 5) is 23.7. The van der Waals surface area contributed by atoms with E-state index in [-0.39, 0.29) is 17.2 Å². The third kappa shape index (κ3) is 2.52. The second-order valence-electron chi connectivity index (χ2n) is 6.01. The molecule has 112 valence electrons. The number of benzene rings is 1. The smallest absolute Gasteiger partial charge is 0.307 e. The van der Waals surface area contributed by atoms with E-state index in [1.165, 1.54) is 6.07 Å². The van der Waals surface area contributed by atoms with Gasteiger partial charge in [0.15, 0.2) is 5.78 Å². The standard InChI is InChI=1S/C16H17FO4/c17-13-7-14(18)11(8-4-5-8)6-12(13)15(19)9-2-1-3-10(9)16(20)21/h6-10,18H,1-5H2,(H,20,21)/t9-,10-/m1/s1. The fourth-order valence-corrected chi connectivity index (χ4v) is 3.26. The number of aliphatic carboxylic acids is 1. The van der Waals surface area contributed by atoms with E-state index in [2.05, 4.69) is 0 Å². The van der Waals surface area contributed by atoms with E-state index in [1.54, 1.807) is 0 Å². The first-order chi connectivity index (χ1) is 9.99. The minimum atomic E-state index is -0.993. The third-order valence-corrected chi connectivity index (χ3v) is 4.57. The average Bonchev–Trinajstić information content (AvgIpc) is 3.13. The SMILES string of the molecule is O=C(O)[C@@H]1CCC[C@H]1C(=O)c1cc(C2CC2)c(O)cc1F. The molecule has 5 heteroatoms. The number of ketones is 1. The van der Waals surface area contributed by atoms with Crippen molar-refractivity contribution in [3.8, 4) is 5.75 Å². The summed E-state index contributed by atoms with van der Waals surface area (Å²) in [6.07, 6.45) is 3.46. The highest BCUT2D eigenvalue weighted by molar-refractivity contribution is 6.00. The molecular weight excluding hydrogens is 275 g/mol. The number of aromatic hydroxyl groups is 1. The highest BCUT2D eigenvalue weighted by Crippen LogP contribution is 2.45. The molecule has 2 saturated carbocycles. The van der Waals surface area contributed by atoms with Crippen LogP contribution in [0.5, 0.6) is 5.75 Å². The molecule has 2 N–H and O–H groups in total. The molecule has 0 radical (unpaired) electrons. The molecular formula is C16H17FO4. The first-order valence-electron chi connectivity index (χ1n) is 7.28. The zero-order valence-electron chi connectivity index (χ0n) is 11.5. The van der Waals surface area contributed by atoms with E-state index in [9.17, 15) is 19.1 Å². The number of Topliss-reactive ketones (excluding diaryl/α,β-unsaturated/α-hetero) is 1. The van der Waals surface area contributed by atoms with Crippen LogP contribution < -0.4 is 0 Å². The molecule has 0 saturated heterocycles. The summed E-state index contributed by atoms with van der Waals surface area (Å²) < 4.78 is 14.0. The largest absolute Gasteiger partial charge is 0.508 e. The van der Waals surface area contributed by atoms with Crippen LogP contribution in [0.25, 0.3) is 0 Å². The van der Waals surface area contributed by atoms with Crippen LogP contribution in [0.4, 0.5) is 4.39 Å². The van der Waals surface area contributed by atoms with E-state index >= 15 is 0 Å². The van der Waals surface area contributed by atoms with Gasteiger partial charge in [-0.15, -0.1) is 0 Å². The second-order valence-corrected chi connectivity index (χ2v) is 6.01. The van der Waals surface area contributed by atoms with Crippen LogP contribution in [0, 0.1) is 17.7 Å². The van der Waals surface area contributed by atoms with Gasteiger partial charge in [0.25, 0.3) is 0 Å². The lowest BCUT2D eigenvalue weighted by atomic mass is 9.87. The molecule has 1 aromatic carbocycles. The second kappa shape index (κ2) is 5.13. The minimum absolute atomic E-state index is 0.0761. The van der Waals surface area contributed by atoms with E-state index in [0.29, 0.717) is 24.8 Å². The van der Waals surface area contributed by atoms with Crippen molar-refractivity contribution in [1.82, 2.24) is 0 Å². The van der Waals surface area contributed by atoms with Crippen molar-refractivity contribution in [2.75, 3.05) is 0 Å². The van der Waals surface area contributed by atoms with Gasteiger partial charge in [-0.1, -0.05) is 6.42 Å². The summed E-state index contributed by atoms with van der Waals surface area (Å²) >= 11 is 0. The summed E-state index contributed by atoms with van der Waals surface area (Å²) in [7, 11) is 0. The molecule has 1 aromatic rings. The van der Waals surface area contributed by atoms with Crippen molar-refractivity contribution in [3.63, 3.8) is 0 Å². The van der Waals surface area contributed by atoms with E-state index in [1.807, 2.05) is 0 Å². The lowest BCUT2D eigenvalue weighted by molar-refractivity contribution is -0.142. The van der Waals surface area contributed by atoms with Crippen LogP contribution in [-0.4, -0.2) is 22.0 Å². The van der Waals surface area contributed by atoms with Crippen LogP contribution in [0.1, 0.15) is 53.9 Å². The molecule has 2 atom stereocenters. The Morgan fingerprint density at radius 2 is 1.76 bits per heavy atom. The number of phenolic OH excluding ortho intramolecular Hbond substituents is 1. The fraction of sp³-hybridized carbons (Fsp3) is 0.500. The predicted octanol–water partition coefficient (Wildman–Crippen LogP) is 3.09. The van der Waals surface area contributed by atoms with Gasteiger partial charge < -0.3 is 10.2 Å². The van der Waals surface area contributed by atoms with Crippen LogP contribution in [0.2, 0.25) is 0 Å². The molecule has 2 aliphatic rings. The molecule has 0 heterocycles. The topological polar surface area (TPSA) is 74.6 Å². The number of hydrogen-bond acceptors (Lipinski definition) is 3. The van der Waals surface area contributed by atoms with Crippen LogP contribution in [0.3, 0.4) is 0 Å². The molecule has 0 bridgehead atoms. The summed E-state index contributed by atoms with van der Waals surface area (Å²) in [5, 5.41) is 18.9. The number of carbonyl (C=O) groups is 2. The monoisotopic (exact) mass is 292 g/mol. The number of halogens is 1. The fourth-order valence-electron chi connectivity index (χ4n) is 3.26. The number of rotatable bonds is 4. The number of phenols is 1. The Labute approximate surface area is 121 Å². The minimum Gasteiger partial charge on any atom is -0.508 e. The molecule has 3 rings (SSSR count). The molecule has 4 nitrogen and oxygen atoms in total. The molecule has 0 aromatic heterocycles. The third-order valence-electron chi connectivity index (χ3n) is 4.57. The van der Waals surface area contributed by atoms with Crippen molar-refractivity contribution in [3.05, 3.63) is 29.1 Å². The number of carboxylic acid groups (broad SMARTS) is 1. The van der Waals surface area contributed by atoms with Crippen LogP contribution in [0.15, 0.2) is 12.1 Å². The van der Waals surface area contributed by atoms with Gasteiger partial charge in [-0.2, -0.15) is 0 Å². The first kappa shape index (κ1) is 14.0. The van der Waals surface area contributed by atoms with Gasteiger partial charge >= 0.3 is 5.97 Å². The van der Waals surface area contributed by atoms with Crippen molar-refractivity contribution in [1.29, 1.82) is 0 Å². The Bertz CT molecular complexity index is 607. The molecule has 0 spiro atoms. The predicted molar refractivity (Wildman–Crippen MR) is 72.8 cm³/mol. The van der Waals surface area contributed by atoms with E-state index < -0.39 is 29.4 Å². The molecule has 0 aliphatic heterocycles. The van der Waals surface area contributed by atoms with Crippen molar-refractivity contribution in [2.24, 2.45) is 11.8 Å². The van der Waals surface area contributed by atoms with Crippen LogP contribution in [-0.2, 0) is 4.79 Å². The molecule has 0 unspecified atom stereocenters. The van der Waals surface area contributed by atoms with Gasteiger partial charge in [0.2, 0.25) is 0 Å². The highest BCUT2D eigenvalue weighted by atomic mass is 19.1. The zero-order chi connectivity index (χ0) is 15.1. The van der Waals surface area contributed by atoms with E-state index in [4.69, 9.17) is 5.11 Å². The maximum absolute atomic E-state index is 14.0. The van der Waals surface area contributed by atoms with Crippen LogP contribution >= 0.6 is 0 Å². The summed E-state index contributed by atoms with van der Waals surface area (Å²) in [6, 6.07) is 2.40. The van der Waals surface area contributed by atoms with Crippen molar-refractivity contribution >= 4 is 11.8 Å². The quantitative estimate of drug-likeness (QED) is 0.836. The average molecular weight is 292 g/mol. The molecule has 0 amide bonds. The maximum atomic E-state index is 14.0. The normalized spacial score (nSPS) is 25.0. The molecule has 2 fully saturated rings. The maximum Gasteiger partial charge on any atom is 0.307 e. The number of hydrogen-bond donors (Lipinski definition) is 2. The lowest BCUT2D eigenvalue weighted by Crippen LogP contribution is -2.26. The number of carboxylic acids is 1. The number of carbonyl (C=O) groups excluding carboxylic acids is 1. The molecule has 2 aliphatic carbocycles.